The van der Waals surface area contributed by atoms with Gasteiger partial charge in [0, 0.05) is 18.5 Å². The molecular formula is C21H26N2O3S. The van der Waals surface area contributed by atoms with Gasteiger partial charge in [0.2, 0.25) is 0 Å². The summed E-state index contributed by atoms with van der Waals surface area (Å²) in [6.45, 7) is 6.59. The Bertz CT molecular complexity index is 906. The Kier molecular flexibility index (Phi) is 5.67. The van der Waals surface area contributed by atoms with Crippen molar-refractivity contribution in [3.05, 3.63) is 65.7 Å². The van der Waals surface area contributed by atoms with Crippen LogP contribution in [0.5, 0.6) is 0 Å². The monoisotopic (exact) mass is 386 g/mol. The number of aliphatic hydroxyl groups is 1. The molecule has 0 aliphatic carbocycles. The highest BCUT2D eigenvalue weighted by atomic mass is 32.2. The summed E-state index contributed by atoms with van der Waals surface area (Å²) in [5.74, 6) is 0.0944. The van der Waals surface area contributed by atoms with E-state index >= 15 is 0 Å². The van der Waals surface area contributed by atoms with Crippen molar-refractivity contribution in [2.24, 2.45) is 10.3 Å². The second kappa shape index (κ2) is 7.82. The van der Waals surface area contributed by atoms with Crippen molar-refractivity contribution >= 4 is 15.9 Å². The molecular weight excluding hydrogens is 360 g/mol. The number of hydrogen-bond donors (Lipinski definition) is 1. The van der Waals surface area contributed by atoms with Gasteiger partial charge in [-0.25, -0.2) is 0 Å². The Hall–Kier alpha value is -2.18. The number of hydrogen-bond acceptors (Lipinski definition) is 3. The molecule has 0 bridgehead atoms. The van der Waals surface area contributed by atoms with Crippen LogP contribution < -0.4 is 0 Å². The van der Waals surface area contributed by atoms with Gasteiger partial charge in [-0.05, 0) is 44.9 Å². The zero-order valence-electron chi connectivity index (χ0n) is 15.9. The summed E-state index contributed by atoms with van der Waals surface area (Å²) in [6, 6.07) is 16.1. The molecule has 0 saturated carbocycles. The van der Waals surface area contributed by atoms with Crippen LogP contribution in [0.25, 0.3) is 0 Å². The molecule has 1 saturated heterocycles. The van der Waals surface area contributed by atoms with Gasteiger partial charge in [-0.15, -0.1) is 4.40 Å². The Morgan fingerprint density at radius 3 is 2.30 bits per heavy atom. The van der Waals surface area contributed by atoms with Crippen molar-refractivity contribution in [3.8, 4) is 0 Å². The number of nitrogens with zero attached hydrogens (tertiary/aromatic N) is 2. The SMILES string of the molecule is Cc1ccc(S(=O)(=O)/N=C2/[C@H]([C@H](O)c3ccccc3)CCN2C(C)C)cc1. The zero-order chi connectivity index (χ0) is 19.6. The number of aryl methyl sites for hydroxylation is 1. The average molecular weight is 387 g/mol. The Balaban J connectivity index is 2.01. The first-order valence-corrected chi connectivity index (χ1v) is 10.6. The van der Waals surface area contributed by atoms with E-state index in [1.54, 1.807) is 24.3 Å². The molecule has 0 unspecified atom stereocenters. The number of rotatable bonds is 5. The van der Waals surface area contributed by atoms with E-state index in [4.69, 9.17) is 0 Å². The molecule has 1 N–H and O–H groups in total. The Labute approximate surface area is 161 Å². The lowest BCUT2D eigenvalue weighted by Gasteiger charge is -2.26. The van der Waals surface area contributed by atoms with Crippen LogP contribution in [0.2, 0.25) is 0 Å². The summed E-state index contributed by atoms with van der Waals surface area (Å²) >= 11 is 0. The molecule has 1 aliphatic heterocycles. The predicted molar refractivity (Wildman–Crippen MR) is 107 cm³/mol. The van der Waals surface area contributed by atoms with Gasteiger partial charge in [-0.1, -0.05) is 48.0 Å². The fourth-order valence-electron chi connectivity index (χ4n) is 3.45. The summed E-state index contributed by atoms with van der Waals surface area (Å²) < 4.78 is 29.9. The molecule has 3 rings (SSSR count). The van der Waals surface area contributed by atoms with Crippen molar-refractivity contribution in [2.75, 3.05) is 6.54 Å². The van der Waals surface area contributed by atoms with Crippen LogP contribution in [-0.2, 0) is 10.0 Å². The third kappa shape index (κ3) is 4.22. The highest BCUT2D eigenvalue weighted by Gasteiger charge is 2.38. The molecule has 2 atom stereocenters. The quantitative estimate of drug-likeness (QED) is 0.853. The fraction of sp³-hybridized carbons (Fsp3) is 0.381. The maximum atomic E-state index is 12.9. The average Bonchev–Trinajstić information content (AvgIpc) is 3.05. The molecule has 2 aromatic rings. The molecule has 144 valence electrons. The molecule has 0 radical (unpaired) electrons. The maximum Gasteiger partial charge on any atom is 0.283 e. The Morgan fingerprint density at radius 1 is 1.07 bits per heavy atom. The number of benzene rings is 2. The normalized spacial score (nSPS) is 20.4. The number of sulfonamides is 1. The standard InChI is InChI=1S/C21H26N2O3S/c1-15(2)23-14-13-19(20(24)17-7-5-4-6-8-17)21(23)22-27(25,26)18-11-9-16(3)10-12-18/h4-12,15,19-20,24H,13-14H2,1-3H3/b22-21-/t19-,20+/m0/s1. The van der Waals surface area contributed by atoms with Crippen molar-refractivity contribution in [1.29, 1.82) is 0 Å². The van der Waals surface area contributed by atoms with Crippen molar-refractivity contribution in [2.45, 2.75) is 44.2 Å². The first-order valence-electron chi connectivity index (χ1n) is 9.21. The first kappa shape index (κ1) is 19.6. The minimum atomic E-state index is -3.84. The molecule has 6 heteroatoms. The second-order valence-electron chi connectivity index (χ2n) is 7.28. The van der Waals surface area contributed by atoms with Crippen LogP contribution in [0.3, 0.4) is 0 Å². The van der Waals surface area contributed by atoms with Crippen molar-refractivity contribution in [3.63, 3.8) is 0 Å². The lowest BCUT2D eigenvalue weighted by molar-refractivity contribution is 0.141. The minimum absolute atomic E-state index is 0.102. The van der Waals surface area contributed by atoms with Crippen LogP contribution in [0.1, 0.15) is 37.5 Å². The van der Waals surface area contributed by atoms with Gasteiger partial charge in [-0.2, -0.15) is 8.42 Å². The van der Waals surface area contributed by atoms with E-state index in [1.165, 1.54) is 0 Å². The molecule has 0 aromatic heterocycles. The minimum Gasteiger partial charge on any atom is -0.388 e. The lowest BCUT2D eigenvalue weighted by atomic mass is 9.94. The fourth-order valence-corrected chi connectivity index (χ4v) is 4.52. The molecule has 1 aliphatic rings. The molecule has 0 amide bonds. The van der Waals surface area contributed by atoms with Gasteiger partial charge in [-0.3, -0.25) is 0 Å². The number of aliphatic hydroxyl groups excluding tert-OH is 1. The van der Waals surface area contributed by atoms with E-state index in [2.05, 4.69) is 4.40 Å². The van der Waals surface area contributed by atoms with Crippen molar-refractivity contribution in [1.82, 2.24) is 4.90 Å². The van der Waals surface area contributed by atoms with E-state index in [0.717, 1.165) is 11.1 Å². The Morgan fingerprint density at radius 2 is 1.70 bits per heavy atom. The van der Waals surface area contributed by atoms with E-state index < -0.39 is 16.1 Å². The molecule has 27 heavy (non-hydrogen) atoms. The van der Waals surface area contributed by atoms with Crippen LogP contribution in [0.15, 0.2) is 63.9 Å². The summed E-state index contributed by atoms with van der Waals surface area (Å²) in [6.07, 6.45) is -0.127. The number of amidine groups is 1. The van der Waals surface area contributed by atoms with Crippen molar-refractivity contribution < 1.29 is 13.5 Å². The lowest BCUT2D eigenvalue weighted by Crippen LogP contribution is -2.36. The van der Waals surface area contributed by atoms with Gasteiger partial charge < -0.3 is 10.0 Å². The van der Waals surface area contributed by atoms with E-state index in [0.29, 0.717) is 18.8 Å². The van der Waals surface area contributed by atoms with Crippen LogP contribution in [-0.4, -0.2) is 36.8 Å². The summed E-state index contributed by atoms with van der Waals surface area (Å²) in [5.41, 5.74) is 1.76. The summed E-state index contributed by atoms with van der Waals surface area (Å²) in [7, 11) is -3.84. The second-order valence-corrected chi connectivity index (χ2v) is 8.88. The van der Waals surface area contributed by atoms with Gasteiger partial charge in [0.05, 0.1) is 11.0 Å². The van der Waals surface area contributed by atoms with Gasteiger partial charge >= 0.3 is 0 Å². The van der Waals surface area contributed by atoms with Gasteiger partial charge in [0.25, 0.3) is 10.0 Å². The van der Waals surface area contributed by atoms with E-state index in [-0.39, 0.29) is 16.9 Å². The van der Waals surface area contributed by atoms with Gasteiger partial charge in [0.1, 0.15) is 5.84 Å². The highest BCUT2D eigenvalue weighted by Crippen LogP contribution is 2.34. The predicted octanol–water partition coefficient (Wildman–Crippen LogP) is 3.55. The largest absolute Gasteiger partial charge is 0.388 e. The molecule has 1 fully saturated rings. The third-order valence-electron chi connectivity index (χ3n) is 4.99. The summed E-state index contributed by atoms with van der Waals surface area (Å²) in [4.78, 5) is 2.15. The van der Waals surface area contributed by atoms with E-state index in [1.807, 2.05) is 56.0 Å². The zero-order valence-corrected chi connectivity index (χ0v) is 16.7. The topological polar surface area (TPSA) is 70.0 Å². The molecule has 0 spiro atoms. The number of likely N-dealkylation sites (tertiary alicyclic amines) is 1. The van der Waals surface area contributed by atoms with Gasteiger partial charge in [0.15, 0.2) is 0 Å². The smallest absolute Gasteiger partial charge is 0.283 e. The molecule has 2 aromatic carbocycles. The highest BCUT2D eigenvalue weighted by molar-refractivity contribution is 7.90. The van der Waals surface area contributed by atoms with Crippen LogP contribution in [0.4, 0.5) is 0 Å². The first-order chi connectivity index (χ1) is 12.8. The van der Waals surface area contributed by atoms with Crippen LogP contribution in [0, 0.1) is 12.8 Å². The van der Waals surface area contributed by atoms with E-state index in [9.17, 15) is 13.5 Å². The molecule has 1 heterocycles. The molecule has 5 nitrogen and oxygen atoms in total. The third-order valence-corrected chi connectivity index (χ3v) is 6.28. The summed E-state index contributed by atoms with van der Waals surface area (Å²) in [5, 5.41) is 10.9. The van der Waals surface area contributed by atoms with Crippen LogP contribution >= 0.6 is 0 Å². The maximum absolute atomic E-state index is 12.9.